The van der Waals surface area contributed by atoms with Crippen LogP contribution in [-0.4, -0.2) is 0 Å². The first-order valence-corrected chi connectivity index (χ1v) is 16.7. The van der Waals surface area contributed by atoms with Crippen molar-refractivity contribution in [3.63, 3.8) is 0 Å². The van der Waals surface area contributed by atoms with Crippen LogP contribution < -0.4 is 0 Å². The minimum atomic E-state index is -0.0517. The average Bonchev–Trinajstić information content (AvgIpc) is 3.63. The molecule has 0 spiro atoms. The third-order valence-corrected chi connectivity index (χ3v) is 11.7. The zero-order valence-electron chi connectivity index (χ0n) is 26.1. The summed E-state index contributed by atoms with van der Waals surface area (Å²) in [5, 5.41) is 2.67. The molecule has 1 heterocycles. The highest BCUT2D eigenvalue weighted by Gasteiger charge is 2.36. The molecular weight excluding hydrogens is 561 g/mol. The summed E-state index contributed by atoms with van der Waals surface area (Å²) in [6.45, 7) is 9.47. The molecule has 0 N–H and O–H groups in total. The van der Waals surface area contributed by atoms with Crippen molar-refractivity contribution < 1.29 is 0 Å². The van der Waals surface area contributed by atoms with Gasteiger partial charge in [-0.25, -0.2) is 0 Å². The van der Waals surface area contributed by atoms with Crippen molar-refractivity contribution in [1.82, 2.24) is 0 Å². The maximum absolute atomic E-state index is 2.46. The van der Waals surface area contributed by atoms with Gasteiger partial charge in [-0.2, -0.15) is 0 Å². The third kappa shape index (κ3) is 3.84. The summed E-state index contributed by atoms with van der Waals surface area (Å²) in [5.74, 6) is 0. The molecule has 0 radical (unpaired) electrons. The fourth-order valence-corrected chi connectivity index (χ4v) is 9.16. The van der Waals surface area contributed by atoms with Crippen LogP contribution in [0, 0.1) is 0 Å². The van der Waals surface area contributed by atoms with Crippen LogP contribution in [0.15, 0.2) is 127 Å². The first-order chi connectivity index (χ1) is 21.8. The van der Waals surface area contributed by atoms with Crippen molar-refractivity contribution in [2.75, 3.05) is 0 Å². The molecular formula is C44H34S. The molecule has 0 nitrogen and oxygen atoms in total. The fourth-order valence-electron chi connectivity index (χ4n) is 8.08. The highest BCUT2D eigenvalue weighted by Crippen LogP contribution is 2.51. The summed E-state index contributed by atoms with van der Waals surface area (Å²) in [4.78, 5) is 0. The smallest absolute Gasteiger partial charge is 0.0355 e. The van der Waals surface area contributed by atoms with Crippen LogP contribution in [0.25, 0.3) is 54.1 Å². The third-order valence-electron chi connectivity index (χ3n) is 10.5. The average molecular weight is 595 g/mol. The molecule has 0 amide bonds. The van der Waals surface area contributed by atoms with E-state index in [2.05, 4.69) is 161 Å². The first kappa shape index (κ1) is 26.7. The summed E-state index contributed by atoms with van der Waals surface area (Å²) in [5.41, 5.74) is 16.0. The number of hydrogen-bond acceptors (Lipinski definition) is 1. The van der Waals surface area contributed by atoms with Gasteiger partial charge in [0.1, 0.15) is 0 Å². The van der Waals surface area contributed by atoms with Gasteiger partial charge in [0, 0.05) is 31.0 Å². The van der Waals surface area contributed by atoms with Crippen molar-refractivity contribution in [2.45, 2.75) is 38.5 Å². The van der Waals surface area contributed by atoms with E-state index in [1.165, 1.54) is 86.9 Å². The molecule has 2 aliphatic rings. The summed E-state index contributed by atoms with van der Waals surface area (Å²) < 4.78 is 2.68. The topological polar surface area (TPSA) is 0 Å². The van der Waals surface area contributed by atoms with E-state index in [1.807, 2.05) is 11.3 Å². The van der Waals surface area contributed by atoms with Gasteiger partial charge < -0.3 is 0 Å². The zero-order chi connectivity index (χ0) is 30.5. The monoisotopic (exact) mass is 594 g/mol. The molecule has 45 heavy (non-hydrogen) atoms. The maximum atomic E-state index is 2.46. The Kier molecular flexibility index (Phi) is 5.57. The number of thiophene rings is 1. The fraction of sp³-hybridized carbons (Fsp3) is 0.136. The number of rotatable bonds is 3. The SMILES string of the molecule is CC1(C)c2ccccc2-c2ccc(/C=C(/c3ccc4c(c3)C(C)(C)c3ccccc3-4)c3ccc4sc5ccccc5c4c3)cc21. The Morgan fingerprint density at radius 3 is 1.73 bits per heavy atom. The Bertz CT molecular complexity index is 2380. The van der Waals surface area contributed by atoms with Crippen LogP contribution in [0.4, 0.5) is 0 Å². The Balaban J connectivity index is 1.26. The van der Waals surface area contributed by atoms with E-state index in [-0.39, 0.29) is 10.8 Å². The van der Waals surface area contributed by atoms with Crippen LogP contribution in [0.2, 0.25) is 0 Å². The predicted molar refractivity (Wildman–Crippen MR) is 194 cm³/mol. The molecule has 0 saturated heterocycles. The summed E-state index contributed by atoms with van der Waals surface area (Å²) in [6.07, 6.45) is 2.42. The Morgan fingerprint density at radius 2 is 1.00 bits per heavy atom. The van der Waals surface area contributed by atoms with Gasteiger partial charge in [-0.3, -0.25) is 0 Å². The lowest BCUT2D eigenvalue weighted by Crippen LogP contribution is -2.15. The van der Waals surface area contributed by atoms with Gasteiger partial charge in [-0.05, 0) is 97.1 Å². The first-order valence-electron chi connectivity index (χ1n) is 15.9. The normalized spacial score (nSPS) is 15.6. The summed E-state index contributed by atoms with van der Waals surface area (Å²) in [6, 6.07) is 47.9. The molecule has 7 aromatic rings. The molecule has 0 atom stereocenters. The van der Waals surface area contributed by atoms with Crippen LogP contribution in [0.5, 0.6) is 0 Å². The molecule has 0 unspecified atom stereocenters. The molecule has 0 saturated carbocycles. The number of benzene rings is 6. The molecule has 2 aliphatic carbocycles. The second-order valence-electron chi connectivity index (χ2n) is 13.8. The van der Waals surface area contributed by atoms with E-state index < -0.39 is 0 Å². The minimum Gasteiger partial charge on any atom is -0.135 e. The molecule has 0 aliphatic heterocycles. The lowest BCUT2D eigenvalue weighted by molar-refractivity contribution is 0.660. The molecule has 216 valence electrons. The van der Waals surface area contributed by atoms with Gasteiger partial charge in [-0.15, -0.1) is 11.3 Å². The molecule has 9 rings (SSSR count). The lowest BCUT2D eigenvalue weighted by atomic mass is 9.80. The highest BCUT2D eigenvalue weighted by atomic mass is 32.1. The number of fused-ring (bicyclic) bond motifs is 9. The predicted octanol–water partition coefficient (Wildman–Crippen LogP) is 12.3. The highest BCUT2D eigenvalue weighted by molar-refractivity contribution is 7.25. The molecule has 1 heteroatoms. The van der Waals surface area contributed by atoms with Crippen LogP contribution in [0.1, 0.15) is 66.6 Å². The lowest BCUT2D eigenvalue weighted by Gasteiger charge is -2.23. The van der Waals surface area contributed by atoms with E-state index in [9.17, 15) is 0 Å². The summed E-state index contributed by atoms with van der Waals surface area (Å²) in [7, 11) is 0. The van der Waals surface area contributed by atoms with Gasteiger partial charge in [0.15, 0.2) is 0 Å². The Morgan fingerprint density at radius 1 is 0.467 bits per heavy atom. The van der Waals surface area contributed by atoms with Crippen molar-refractivity contribution in [1.29, 1.82) is 0 Å². The van der Waals surface area contributed by atoms with Crippen molar-refractivity contribution >= 4 is 43.2 Å². The molecule has 0 fully saturated rings. The maximum Gasteiger partial charge on any atom is 0.0355 e. The van der Waals surface area contributed by atoms with E-state index in [4.69, 9.17) is 0 Å². The van der Waals surface area contributed by atoms with Gasteiger partial charge in [0.25, 0.3) is 0 Å². The van der Waals surface area contributed by atoms with E-state index in [0.717, 1.165) is 0 Å². The largest absolute Gasteiger partial charge is 0.135 e. The molecule has 6 aromatic carbocycles. The quantitative estimate of drug-likeness (QED) is 0.179. The van der Waals surface area contributed by atoms with Crippen LogP contribution in [-0.2, 0) is 10.8 Å². The van der Waals surface area contributed by atoms with E-state index in [1.54, 1.807) is 0 Å². The van der Waals surface area contributed by atoms with E-state index >= 15 is 0 Å². The molecule has 0 bridgehead atoms. The Labute approximate surface area is 269 Å². The van der Waals surface area contributed by atoms with Gasteiger partial charge in [0.05, 0.1) is 0 Å². The van der Waals surface area contributed by atoms with Gasteiger partial charge in [0.2, 0.25) is 0 Å². The number of hydrogen-bond donors (Lipinski definition) is 0. The van der Waals surface area contributed by atoms with Crippen LogP contribution >= 0.6 is 11.3 Å². The minimum absolute atomic E-state index is 0.0339. The van der Waals surface area contributed by atoms with Crippen molar-refractivity contribution in [3.05, 3.63) is 166 Å². The van der Waals surface area contributed by atoms with E-state index in [0.29, 0.717) is 0 Å². The second-order valence-corrected chi connectivity index (χ2v) is 14.9. The van der Waals surface area contributed by atoms with Crippen molar-refractivity contribution in [3.8, 4) is 22.3 Å². The van der Waals surface area contributed by atoms with Crippen molar-refractivity contribution in [2.24, 2.45) is 0 Å². The second kappa shape index (κ2) is 9.39. The zero-order valence-corrected chi connectivity index (χ0v) is 26.9. The molecule has 1 aromatic heterocycles. The van der Waals surface area contributed by atoms with Gasteiger partial charge >= 0.3 is 0 Å². The standard InChI is InChI=1S/C44H34S/c1-43(2)37-14-8-5-11-30(37)32-20-17-27(24-39(32)43)23-35(28-19-22-42-36(25-28)34-13-7-10-16-41(34)45-42)29-18-21-33-31-12-6-9-15-38(31)44(3,4)40(33)26-29/h5-26H,1-4H3/b35-23+. The van der Waals surface area contributed by atoms with Crippen LogP contribution in [0.3, 0.4) is 0 Å². The Hall–Kier alpha value is -4.72. The summed E-state index contributed by atoms with van der Waals surface area (Å²) >= 11 is 1.88. The van der Waals surface area contributed by atoms with Gasteiger partial charge in [-0.1, -0.05) is 131 Å².